The Kier molecular flexibility index (Phi) is 4.24. The van der Waals surface area contributed by atoms with Crippen molar-refractivity contribution in [1.29, 1.82) is 0 Å². The molecule has 0 aromatic heterocycles. The molecule has 0 bridgehead atoms. The minimum atomic E-state index is -0.917. The number of benzene rings is 1. The van der Waals surface area contributed by atoms with Crippen molar-refractivity contribution in [3.8, 4) is 11.8 Å². The average molecular weight is 203 g/mol. The molecule has 0 saturated heterocycles. The molecule has 0 amide bonds. The van der Waals surface area contributed by atoms with Crippen molar-refractivity contribution in [2.45, 2.75) is 13.3 Å². The maximum absolute atomic E-state index is 10.8. The number of aromatic carboxylic acids is 1. The first-order valence-corrected chi connectivity index (χ1v) is 4.71. The maximum Gasteiger partial charge on any atom is 0.337 e. The Morgan fingerprint density at radius 2 is 2.20 bits per heavy atom. The van der Waals surface area contributed by atoms with E-state index < -0.39 is 5.97 Å². The molecule has 0 unspecified atom stereocenters. The van der Waals surface area contributed by atoms with E-state index >= 15 is 0 Å². The molecule has 15 heavy (non-hydrogen) atoms. The van der Waals surface area contributed by atoms with Crippen molar-refractivity contribution in [2.24, 2.45) is 0 Å². The summed E-state index contributed by atoms with van der Waals surface area (Å²) in [6.45, 7) is 2.44. The molecule has 0 aliphatic rings. The van der Waals surface area contributed by atoms with Gasteiger partial charge in [0.05, 0.1) is 5.56 Å². The van der Waals surface area contributed by atoms with Crippen LogP contribution in [0.25, 0.3) is 0 Å². The summed E-state index contributed by atoms with van der Waals surface area (Å²) in [4.78, 5) is 10.8. The number of carboxylic acid groups (broad SMARTS) is 1. The minimum absolute atomic E-state index is 0.293. The summed E-state index contributed by atoms with van der Waals surface area (Å²) in [5.41, 5.74) is 0.935. The topological polar surface area (TPSA) is 49.3 Å². The molecule has 1 rings (SSSR count). The van der Waals surface area contributed by atoms with E-state index in [2.05, 4.69) is 17.2 Å². The fourth-order valence-electron chi connectivity index (χ4n) is 1.21. The normalized spacial score (nSPS) is 8.87. The molecule has 0 aliphatic heterocycles. The molecule has 2 N–H and O–H groups in total. The van der Waals surface area contributed by atoms with Crippen LogP contribution >= 0.6 is 0 Å². The highest BCUT2D eigenvalue weighted by Gasteiger charge is 2.07. The molecule has 78 valence electrons. The van der Waals surface area contributed by atoms with Gasteiger partial charge in [0.15, 0.2) is 0 Å². The summed E-state index contributed by atoms with van der Waals surface area (Å²) in [7, 11) is 0. The number of carbonyl (C=O) groups is 1. The molecule has 1 aromatic carbocycles. The van der Waals surface area contributed by atoms with E-state index in [4.69, 9.17) is 5.11 Å². The van der Waals surface area contributed by atoms with Crippen LogP contribution in [0.2, 0.25) is 0 Å². The fourth-order valence-corrected chi connectivity index (χ4v) is 1.21. The summed E-state index contributed by atoms with van der Waals surface area (Å²) >= 11 is 0. The predicted octanol–water partition coefficient (Wildman–Crippen LogP) is 2.21. The van der Waals surface area contributed by atoms with E-state index in [-0.39, 0.29) is 0 Å². The van der Waals surface area contributed by atoms with Gasteiger partial charge in [0.1, 0.15) is 0 Å². The highest BCUT2D eigenvalue weighted by molar-refractivity contribution is 5.94. The number of anilines is 1. The van der Waals surface area contributed by atoms with Crippen LogP contribution in [-0.4, -0.2) is 17.6 Å². The quantitative estimate of drug-likeness (QED) is 0.582. The zero-order valence-corrected chi connectivity index (χ0v) is 8.58. The first-order chi connectivity index (χ1) is 7.25. The molecule has 0 saturated carbocycles. The number of para-hydroxylation sites is 1. The van der Waals surface area contributed by atoms with Crippen LogP contribution in [0.3, 0.4) is 0 Å². The van der Waals surface area contributed by atoms with Gasteiger partial charge < -0.3 is 10.4 Å². The highest BCUT2D eigenvalue weighted by atomic mass is 16.4. The van der Waals surface area contributed by atoms with Gasteiger partial charge in [-0.25, -0.2) is 4.79 Å². The lowest BCUT2D eigenvalue weighted by molar-refractivity contribution is 0.0698. The third kappa shape index (κ3) is 3.35. The second-order valence-corrected chi connectivity index (χ2v) is 2.95. The second-order valence-electron chi connectivity index (χ2n) is 2.95. The Morgan fingerprint density at radius 1 is 1.47 bits per heavy atom. The fraction of sp³-hybridized carbons (Fsp3) is 0.250. The Bertz CT molecular complexity index is 402. The second kappa shape index (κ2) is 5.71. The molecular formula is C12H13NO2. The van der Waals surface area contributed by atoms with Crippen LogP contribution in [0.15, 0.2) is 24.3 Å². The van der Waals surface area contributed by atoms with Gasteiger partial charge in [-0.2, -0.15) is 0 Å². The van der Waals surface area contributed by atoms with Crippen molar-refractivity contribution in [2.75, 3.05) is 11.9 Å². The van der Waals surface area contributed by atoms with Crippen LogP contribution in [-0.2, 0) is 0 Å². The molecular weight excluding hydrogens is 190 g/mol. The minimum Gasteiger partial charge on any atom is -0.478 e. The largest absolute Gasteiger partial charge is 0.478 e. The highest BCUT2D eigenvalue weighted by Crippen LogP contribution is 2.14. The van der Waals surface area contributed by atoms with Crippen molar-refractivity contribution >= 4 is 11.7 Å². The Labute approximate surface area is 89.1 Å². The van der Waals surface area contributed by atoms with Crippen LogP contribution < -0.4 is 5.32 Å². The maximum atomic E-state index is 10.8. The van der Waals surface area contributed by atoms with E-state index in [0.29, 0.717) is 24.2 Å². The molecule has 0 heterocycles. The number of rotatable bonds is 4. The monoisotopic (exact) mass is 203 g/mol. The lowest BCUT2D eigenvalue weighted by Crippen LogP contribution is -2.06. The average Bonchev–Trinajstić information content (AvgIpc) is 2.25. The Hall–Kier alpha value is -1.95. The summed E-state index contributed by atoms with van der Waals surface area (Å²) in [6.07, 6.45) is 0.713. The van der Waals surface area contributed by atoms with Crippen molar-refractivity contribution in [1.82, 2.24) is 0 Å². The van der Waals surface area contributed by atoms with Crippen LogP contribution in [0.5, 0.6) is 0 Å². The zero-order valence-electron chi connectivity index (χ0n) is 8.58. The summed E-state index contributed by atoms with van der Waals surface area (Å²) < 4.78 is 0. The molecule has 1 aromatic rings. The van der Waals surface area contributed by atoms with Gasteiger partial charge in [0, 0.05) is 18.7 Å². The lowest BCUT2D eigenvalue weighted by atomic mass is 10.2. The van der Waals surface area contributed by atoms with Crippen LogP contribution in [0.1, 0.15) is 23.7 Å². The van der Waals surface area contributed by atoms with Crippen molar-refractivity contribution in [3.63, 3.8) is 0 Å². The first-order valence-electron chi connectivity index (χ1n) is 4.71. The van der Waals surface area contributed by atoms with E-state index in [9.17, 15) is 4.79 Å². The molecule has 0 aliphatic carbocycles. The number of carboxylic acids is 1. The zero-order chi connectivity index (χ0) is 11.1. The number of hydrogen-bond acceptors (Lipinski definition) is 2. The molecule has 0 atom stereocenters. The third-order valence-corrected chi connectivity index (χ3v) is 1.90. The van der Waals surface area contributed by atoms with Gasteiger partial charge in [0.2, 0.25) is 0 Å². The number of hydrogen-bond donors (Lipinski definition) is 2. The van der Waals surface area contributed by atoms with Crippen molar-refractivity contribution < 1.29 is 9.90 Å². The lowest BCUT2D eigenvalue weighted by Gasteiger charge is -2.07. The van der Waals surface area contributed by atoms with Crippen molar-refractivity contribution in [3.05, 3.63) is 29.8 Å². The summed E-state index contributed by atoms with van der Waals surface area (Å²) in [5, 5.41) is 11.9. The van der Waals surface area contributed by atoms with E-state index in [1.165, 1.54) is 0 Å². The standard InChI is InChI=1S/C12H13NO2/c1-2-3-6-9-13-11-8-5-4-7-10(11)12(14)15/h4-5,7-8,13H,6,9H2,1H3,(H,14,15). The predicted molar refractivity (Wildman–Crippen MR) is 60.0 cm³/mol. The van der Waals surface area contributed by atoms with Gasteiger partial charge in [-0.3, -0.25) is 0 Å². The van der Waals surface area contributed by atoms with Gasteiger partial charge in [-0.05, 0) is 19.1 Å². The summed E-state index contributed by atoms with van der Waals surface area (Å²) in [6, 6.07) is 6.85. The number of nitrogens with one attached hydrogen (secondary N) is 1. The molecule has 0 radical (unpaired) electrons. The van der Waals surface area contributed by atoms with Gasteiger partial charge in [-0.15, -0.1) is 11.8 Å². The summed E-state index contributed by atoms with van der Waals surface area (Å²) in [5.74, 6) is 4.78. The smallest absolute Gasteiger partial charge is 0.337 e. The molecule has 0 fully saturated rings. The molecule has 3 nitrogen and oxygen atoms in total. The van der Waals surface area contributed by atoms with Gasteiger partial charge >= 0.3 is 5.97 Å². The van der Waals surface area contributed by atoms with E-state index in [1.54, 1.807) is 31.2 Å². The Morgan fingerprint density at radius 3 is 2.87 bits per heavy atom. The van der Waals surface area contributed by atoms with Gasteiger partial charge in [0.25, 0.3) is 0 Å². The van der Waals surface area contributed by atoms with Crippen LogP contribution in [0.4, 0.5) is 5.69 Å². The van der Waals surface area contributed by atoms with Gasteiger partial charge in [-0.1, -0.05) is 12.1 Å². The van der Waals surface area contributed by atoms with E-state index in [0.717, 1.165) is 0 Å². The SMILES string of the molecule is CC#CCCNc1ccccc1C(=O)O. The van der Waals surface area contributed by atoms with Crippen LogP contribution in [0, 0.1) is 11.8 Å². The first kappa shape index (κ1) is 11.1. The van der Waals surface area contributed by atoms with E-state index in [1.807, 2.05) is 0 Å². The molecule has 0 spiro atoms. The Balaban J connectivity index is 2.66. The third-order valence-electron chi connectivity index (χ3n) is 1.90. The molecule has 3 heteroatoms.